The highest BCUT2D eigenvalue weighted by Crippen LogP contribution is 2.42. The predicted molar refractivity (Wildman–Crippen MR) is 133 cm³/mol. The molecule has 1 aliphatic heterocycles. The van der Waals surface area contributed by atoms with Gasteiger partial charge in [-0.2, -0.15) is 0 Å². The highest BCUT2D eigenvalue weighted by molar-refractivity contribution is 6.29. The number of hydrogen-bond donors (Lipinski definition) is 2. The molecule has 1 aliphatic rings. The predicted octanol–water partition coefficient (Wildman–Crippen LogP) is 5.22. The Kier molecular flexibility index (Phi) is 5.86. The first-order chi connectivity index (χ1) is 16.5. The molecule has 0 saturated heterocycles. The Bertz CT molecular complexity index is 1350. The van der Waals surface area contributed by atoms with Crippen molar-refractivity contribution < 1.29 is 9.84 Å². The third-order valence-corrected chi connectivity index (χ3v) is 6.42. The topological polar surface area (TPSA) is 72.2 Å². The molecule has 2 atom stereocenters. The van der Waals surface area contributed by atoms with E-state index >= 15 is 0 Å². The molecule has 0 radical (unpaired) electrons. The van der Waals surface area contributed by atoms with Crippen LogP contribution in [-0.2, 0) is 12.6 Å². The Morgan fingerprint density at radius 3 is 2.71 bits per heavy atom. The van der Waals surface area contributed by atoms with Gasteiger partial charge in [0.25, 0.3) is 0 Å². The minimum absolute atomic E-state index is 0.00395. The molecule has 2 aromatic carbocycles. The lowest BCUT2D eigenvalue weighted by atomic mass is 9.80. The number of nitrogens with one attached hydrogen (secondary N) is 1. The van der Waals surface area contributed by atoms with Gasteiger partial charge >= 0.3 is 0 Å². The minimum atomic E-state index is -1.48. The zero-order valence-electron chi connectivity index (χ0n) is 18.9. The average molecular weight is 473 g/mol. The van der Waals surface area contributed by atoms with Crippen molar-refractivity contribution >= 4 is 17.3 Å². The van der Waals surface area contributed by atoms with Crippen LogP contribution in [0.25, 0.3) is 0 Å². The number of pyridine rings is 1. The molecule has 2 unspecified atom stereocenters. The average Bonchev–Trinajstić information content (AvgIpc) is 3.30. The number of aromatic nitrogens is 3. The number of benzene rings is 2. The van der Waals surface area contributed by atoms with Crippen LogP contribution in [0.15, 0.2) is 85.6 Å². The van der Waals surface area contributed by atoms with Crippen LogP contribution in [0.4, 0.5) is 5.69 Å². The summed E-state index contributed by atoms with van der Waals surface area (Å²) in [4.78, 5) is 8.48. The van der Waals surface area contributed by atoms with Gasteiger partial charge in [-0.05, 0) is 60.1 Å². The summed E-state index contributed by atoms with van der Waals surface area (Å²) < 4.78 is 7.54. The monoisotopic (exact) mass is 472 g/mol. The first kappa shape index (κ1) is 22.2. The summed E-state index contributed by atoms with van der Waals surface area (Å²) in [6.45, 7) is 2.59. The number of fused-ring (bicyclic) bond motifs is 1. The second-order valence-corrected chi connectivity index (χ2v) is 8.65. The van der Waals surface area contributed by atoms with Crippen molar-refractivity contribution in [3.8, 4) is 5.75 Å². The second kappa shape index (κ2) is 8.97. The molecule has 2 aromatic heterocycles. The quantitative estimate of drug-likeness (QED) is 0.376. The van der Waals surface area contributed by atoms with Crippen molar-refractivity contribution in [2.45, 2.75) is 18.4 Å². The second-order valence-electron chi connectivity index (χ2n) is 8.26. The lowest BCUT2D eigenvalue weighted by Gasteiger charge is -2.31. The summed E-state index contributed by atoms with van der Waals surface area (Å²) in [6, 6.07) is 17.6. The molecule has 0 saturated carbocycles. The molecular weight excluding hydrogens is 448 g/mol. The molecule has 0 spiro atoms. The highest BCUT2D eigenvalue weighted by Gasteiger charge is 2.38. The molecular formula is C27H25ClN4O2. The van der Waals surface area contributed by atoms with Crippen molar-refractivity contribution in [1.29, 1.82) is 0 Å². The standard InChI is InChI=1S/C27H25ClN4O2/c1-3-34-21-6-4-5-18(13-21)22-11-12-30-24-9-7-19(14-23(22)24)27(33,25-16-29-17-32(25)2)20-8-10-26(28)31-15-20/h4-17,22,30,33H,3H2,1-2H3. The van der Waals surface area contributed by atoms with E-state index in [0.29, 0.717) is 28.6 Å². The first-order valence-corrected chi connectivity index (χ1v) is 11.5. The summed E-state index contributed by atoms with van der Waals surface area (Å²) in [5.74, 6) is 0.832. The SMILES string of the molecule is CCOc1cccc(C2C=CNc3ccc(C(O)(c4ccc(Cl)nc4)c4cncn4C)cc32)c1. The number of hydrogen-bond acceptors (Lipinski definition) is 5. The third kappa shape index (κ3) is 3.85. The Labute approximate surface area is 203 Å². The van der Waals surface area contributed by atoms with Crippen molar-refractivity contribution in [3.05, 3.63) is 119 Å². The van der Waals surface area contributed by atoms with Gasteiger partial charge in [0.05, 0.1) is 24.8 Å². The number of allylic oxidation sites excluding steroid dienone is 1. The van der Waals surface area contributed by atoms with E-state index in [9.17, 15) is 5.11 Å². The molecule has 0 amide bonds. The zero-order chi connectivity index (χ0) is 23.7. The first-order valence-electron chi connectivity index (χ1n) is 11.1. The fourth-order valence-electron chi connectivity index (χ4n) is 4.53. The Morgan fingerprint density at radius 1 is 1.12 bits per heavy atom. The van der Waals surface area contributed by atoms with Gasteiger partial charge in [-0.3, -0.25) is 0 Å². The van der Waals surface area contributed by atoms with E-state index in [0.717, 1.165) is 22.6 Å². The van der Waals surface area contributed by atoms with Gasteiger partial charge in [-0.25, -0.2) is 9.97 Å². The van der Waals surface area contributed by atoms with Crippen LogP contribution in [0, 0.1) is 0 Å². The molecule has 7 heteroatoms. The summed E-state index contributed by atoms with van der Waals surface area (Å²) in [5.41, 5.74) is 3.62. The van der Waals surface area contributed by atoms with Crippen LogP contribution in [0.5, 0.6) is 5.75 Å². The van der Waals surface area contributed by atoms with Crippen LogP contribution in [0.1, 0.15) is 40.8 Å². The van der Waals surface area contributed by atoms with E-state index < -0.39 is 5.60 Å². The molecule has 6 nitrogen and oxygen atoms in total. The van der Waals surface area contributed by atoms with E-state index in [1.165, 1.54) is 0 Å². The highest BCUT2D eigenvalue weighted by atomic mass is 35.5. The summed E-state index contributed by atoms with van der Waals surface area (Å²) >= 11 is 6.04. The van der Waals surface area contributed by atoms with Crippen molar-refractivity contribution in [1.82, 2.24) is 14.5 Å². The molecule has 172 valence electrons. The van der Waals surface area contributed by atoms with Gasteiger partial charge < -0.3 is 19.7 Å². The number of ether oxygens (including phenoxy) is 1. The minimum Gasteiger partial charge on any atom is -0.494 e. The lowest BCUT2D eigenvalue weighted by molar-refractivity contribution is 0.117. The van der Waals surface area contributed by atoms with Crippen LogP contribution < -0.4 is 10.1 Å². The molecule has 0 fully saturated rings. The lowest BCUT2D eigenvalue weighted by Crippen LogP contribution is -2.31. The summed E-state index contributed by atoms with van der Waals surface area (Å²) in [7, 11) is 1.86. The van der Waals surface area contributed by atoms with E-state index in [4.69, 9.17) is 16.3 Å². The maximum absolute atomic E-state index is 12.3. The fraction of sp³-hybridized carbons (Fsp3) is 0.185. The van der Waals surface area contributed by atoms with Gasteiger partial charge in [-0.15, -0.1) is 0 Å². The van der Waals surface area contributed by atoms with Gasteiger partial charge in [0.2, 0.25) is 0 Å². The fourth-order valence-corrected chi connectivity index (χ4v) is 4.64. The summed E-state index contributed by atoms with van der Waals surface area (Å²) in [6.07, 6.45) is 9.03. The van der Waals surface area contributed by atoms with Crippen molar-refractivity contribution in [3.63, 3.8) is 0 Å². The molecule has 5 rings (SSSR count). The smallest absolute Gasteiger partial charge is 0.158 e. The Hall–Kier alpha value is -3.61. The van der Waals surface area contributed by atoms with Gasteiger partial charge in [-0.1, -0.05) is 41.9 Å². The number of anilines is 1. The van der Waals surface area contributed by atoms with Crippen LogP contribution in [0.3, 0.4) is 0 Å². The number of aliphatic hydroxyl groups is 1. The number of aryl methyl sites for hydroxylation is 1. The molecule has 0 bridgehead atoms. The zero-order valence-corrected chi connectivity index (χ0v) is 19.7. The molecule has 3 heterocycles. The number of halogens is 1. The van der Waals surface area contributed by atoms with Gasteiger partial charge in [0.1, 0.15) is 10.9 Å². The van der Waals surface area contributed by atoms with Crippen molar-refractivity contribution in [2.24, 2.45) is 7.05 Å². The Balaban J connectivity index is 1.66. The largest absolute Gasteiger partial charge is 0.494 e. The maximum atomic E-state index is 12.3. The molecule has 4 aromatic rings. The summed E-state index contributed by atoms with van der Waals surface area (Å²) in [5, 5.41) is 16.0. The van der Waals surface area contributed by atoms with Crippen molar-refractivity contribution in [2.75, 3.05) is 11.9 Å². The number of nitrogens with zero attached hydrogens (tertiary/aromatic N) is 3. The molecule has 2 N–H and O–H groups in total. The maximum Gasteiger partial charge on any atom is 0.158 e. The Morgan fingerprint density at radius 2 is 1.97 bits per heavy atom. The molecule has 0 aliphatic carbocycles. The van der Waals surface area contributed by atoms with Gasteiger partial charge in [0, 0.05) is 30.4 Å². The van der Waals surface area contributed by atoms with E-state index in [1.807, 2.05) is 55.1 Å². The van der Waals surface area contributed by atoms with E-state index in [-0.39, 0.29) is 5.92 Å². The number of imidazole rings is 1. The normalized spacial score (nSPS) is 16.4. The third-order valence-electron chi connectivity index (χ3n) is 6.19. The van der Waals surface area contributed by atoms with Crippen LogP contribution >= 0.6 is 11.6 Å². The molecule has 34 heavy (non-hydrogen) atoms. The van der Waals surface area contributed by atoms with E-state index in [1.54, 1.807) is 30.9 Å². The number of rotatable bonds is 6. The van der Waals surface area contributed by atoms with E-state index in [2.05, 4.69) is 33.5 Å². The van der Waals surface area contributed by atoms with Crippen LogP contribution in [0.2, 0.25) is 5.15 Å². The van der Waals surface area contributed by atoms with Crippen LogP contribution in [-0.4, -0.2) is 26.2 Å². The van der Waals surface area contributed by atoms with Gasteiger partial charge in [0.15, 0.2) is 5.60 Å².